The molecule has 1 fully saturated rings. The van der Waals surface area contributed by atoms with E-state index in [-0.39, 0.29) is 5.54 Å². The van der Waals surface area contributed by atoms with Crippen LogP contribution < -0.4 is 10.1 Å². The maximum atomic E-state index is 6.16. The molecule has 1 aromatic rings. The van der Waals surface area contributed by atoms with E-state index in [1.165, 1.54) is 19.3 Å². The standard InChI is InChI=1S/C13H20ClN3O/c1-10-15-11(8-12(16-10)18-2)17-13(9-14)6-4-3-5-7-13/h8H,3-7,9H2,1-2H3,(H,15,16,17). The molecule has 0 amide bonds. The summed E-state index contributed by atoms with van der Waals surface area (Å²) in [6, 6.07) is 1.83. The van der Waals surface area contributed by atoms with Gasteiger partial charge in [-0.3, -0.25) is 0 Å². The van der Waals surface area contributed by atoms with Gasteiger partial charge in [0.2, 0.25) is 5.88 Å². The smallest absolute Gasteiger partial charge is 0.218 e. The van der Waals surface area contributed by atoms with Gasteiger partial charge in [-0.1, -0.05) is 19.3 Å². The zero-order valence-electron chi connectivity index (χ0n) is 11.0. The molecule has 1 aromatic heterocycles. The van der Waals surface area contributed by atoms with Crippen molar-refractivity contribution in [1.29, 1.82) is 0 Å². The van der Waals surface area contributed by atoms with Gasteiger partial charge in [-0.05, 0) is 19.8 Å². The summed E-state index contributed by atoms with van der Waals surface area (Å²) in [5.41, 5.74) is -0.0222. The van der Waals surface area contributed by atoms with Crippen LogP contribution >= 0.6 is 11.6 Å². The van der Waals surface area contributed by atoms with E-state index in [0.717, 1.165) is 18.7 Å². The Labute approximate surface area is 113 Å². The van der Waals surface area contributed by atoms with Crippen molar-refractivity contribution in [2.24, 2.45) is 0 Å². The van der Waals surface area contributed by atoms with E-state index in [9.17, 15) is 0 Å². The summed E-state index contributed by atoms with van der Waals surface area (Å²) in [7, 11) is 1.61. The first-order valence-electron chi connectivity index (χ1n) is 6.41. The third-order valence-corrected chi connectivity index (χ3v) is 3.99. The van der Waals surface area contributed by atoms with Crippen LogP contribution in [0.1, 0.15) is 37.9 Å². The van der Waals surface area contributed by atoms with Crippen LogP contribution in [-0.2, 0) is 0 Å². The fourth-order valence-electron chi connectivity index (χ4n) is 2.50. The quantitative estimate of drug-likeness (QED) is 0.853. The highest BCUT2D eigenvalue weighted by atomic mass is 35.5. The SMILES string of the molecule is COc1cc(NC2(CCl)CCCCC2)nc(C)n1. The van der Waals surface area contributed by atoms with Gasteiger partial charge < -0.3 is 10.1 Å². The van der Waals surface area contributed by atoms with E-state index in [1.807, 2.05) is 13.0 Å². The zero-order valence-corrected chi connectivity index (χ0v) is 11.8. The number of methoxy groups -OCH3 is 1. The topological polar surface area (TPSA) is 47.0 Å². The molecule has 0 unspecified atom stereocenters. The van der Waals surface area contributed by atoms with E-state index < -0.39 is 0 Å². The Balaban J connectivity index is 2.18. The first-order valence-corrected chi connectivity index (χ1v) is 6.95. The molecule has 0 atom stereocenters. The van der Waals surface area contributed by atoms with Crippen molar-refractivity contribution in [3.05, 3.63) is 11.9 Å². The third-order valence-electron chi connectivity index (χ3n) is 3.48. The van der Waals surface area contributed by atoms with Gasteiger partial charge >= 0.3 is 0 Å². The number of aromatic nitrogens is 2. The number of rotatable bonds is 4. The van der Waals surface area contributed by atoms with Crippen molar-refractivity contribution in [3.8, 4) is 5.88 Å². The number of hydrogen-bond acceptors (Lipinski definition) is 4. The molecule has 2 rings (SSSR count). The summed E-state index contributed by atoms with van der Waals surface area (Å²) in [6.45, 7) is 1.86. The van der Waals surface area contributed by atoms with E-state index in [0.29, 0.717) is 17.6 Å². The first-order chi connectivity index (χ1) is 8.67. The molecule has 4 nitrogen and oxygen atoms in total. The van der Waals surface area contributed by atoms with Crippen molar-refractivity contribution in [1.82, 2.24) is 9.97 Å². The number of alkyl halides is 1. The predicted molar refractivity (Wildman–Crippen MR) is 73.5 cm³/mol. The zero-order chi connectivity index (χ0) is 13.0. The molecule has 0 saturated heterocycles. The Kier molecular flexibility index (Phi) is 4.27. The number of nitrogens with zero attached hydrogens (tertiary/aromatic N) is 2. The average molecular weight is 270 g/mol. The number of halogens is 1. The maximum absolute atomic E-state index is 6.16. The molecule has 100 valence electrons. The van der Waals surface area contributed by atoms with Crippen LogP contribution in [0.3, 0.4) is 0 Å². The van der Waals surface area contributed by atoms with Gasteiger partial charge in [0.1, 0.15) is 11.6 Å². The van der Waals surface area contributed by atoms with Gasteiger partial charge in [-0.2, -0.15) is 4.98 Å². The lowest BCUT2D eigenvalue weighted by atomic mass is 9.83. The summed E-state index contributed by atoms with van der Waals surface area (Å²) >= 11 is 6.16. The Morgan fingerprint density at radius 1 is 1.33 bits per heavy atom. The number of ether oxygens (including phenoxy) is 1. The van der Waals surface area contributed by atoms with Gasteiger partial charge in [0.25, 0.3) is 0 Å². The fraction of sp³-hybridized carbons (Fsp3) is 0.692. The van der Waals surface area contributed by atoms with Crippen molar-refractivity contribution in [2.45, 2.75) is 44.6 Å². The van der Waals surface area contributed by atoms with Crippen LogP contribution in [0, 0.1) is 6.92 Å². The van der Waals surface area contributed by atoms with Gasteiger partial charge in [-0.15, -0.1) is 11.6 Å². The minimum atomic E-state index is -0.0222. The summed E-state index contributed by atoms with van der Waals surface area (Å²) < 4.78 is 5.17. The van der Waals surface area contributed by atoms with Crippen LogP contribution in [0.2, 0.25) is 0 Å². The molecule has 1 N–H and O–H groups in total. The van der Waals surface area contributed by atoms with Crippen LogP contribution in [0.25, 0.3) is 0 Å². The maximum Gasteiger partial charge on any atom is 0.218 e. The second-order valence-electron chi connectivity index (χ2n) is 4.94. The Morgan fingerprint density at radius 2 is 2.06 bits per heavy atom. The minimum absolute atomic E-state index is 0.0222. The van der Waals surface area contributed by atoms with Crippen molar-refractivity contribution >= 4 is 17.4 Å². The molecule has 0 radical (unpaired) electrons. The first kappa shape index (κ1) is 13.4. The summed E-state index contributed by atoms with van der Waals surface area (Å²) in [4.78, 5) is 8.60. The molecule has 1 aliphatic carbocycles. The molecule has 1 aliphatic rings. The number of hydrogen-bond donors (Lipinski definition) is 1. The van der Waals surface area contributed by atoms with Gasteiger partial charge in [0.15, 0.2) is 0 Å². The average Bonchev–Trinajstić information content (AvgIpc) is 2.39. The second-order valence-corrected chi connectivity index (χ2v) is 5.21. The Morgan fingerprint density at radius 3 is 2.67 bits per heavy atom. The Bertz CT molecular complexity index is 405. The van der Waals surface area contributed by atoms with Gasteiger partial charge in [-0.25, -0.2) is 4.98 Å². The van der Waals surface area contributed by atoms with Crippen LogP contribution in [0.5, 0.6) is 5.88 Å². The van der Waals surface area contributed by atoms with Crippen molar-refractivity contribution in [3.63, 3.8) is 0 Å². The molecular formula is C13H20ClN3O. The largest absolute Gasteiger partial charge is 0.481 e. The van der Waals surface area contributed by atoms with Crippen LogP contribution in [0.4, 0.5) is 5.82 Å². The molecule has 0 bridgehead atoms. The highest BCUT2D eigenvalue weighted by Crippen LogP contribution is 2.32. The lowest BCUT2D eigenvalue weighted by Crippen LogP contribution is -2.42. The van der Waals surface area contributed by atoms with Gasteiger partial charge in [0, 0.05) is 11.9 Å². The molecule has 5 heteroatoms. The van der Waals surface area contributed by atoms with Gasteiger partial charge in [0.05, 0.1) is 12.6 Å². The molecule has 0 aromatic carbocycles. The van der Waals surface area contributed by atoms with E-state index in [1.54, 1.807) is 7.11 Å². The number of anilines is 1. The van der Waals surface area contributed by atoms with Crippen LogP contribution in [-0.4, -0.2) is 28.5 Å². The lowest BCUT2D eigenvalue weighted by Gasteiger charge is -2.37. The number of aryl methyl sites for hydroxylation is 1. The molecule has 0 spiro atoms. The molecular weight excluding hydrogens is 250 g/mol. The van der Waals surface area contributed by atoms with Crippen molar-refractivity contribution in [2.75, 3.05) is 18.3 Å². The molecule has 18 heavy (non-hydrogen) atoms. The highest BCUT2D eigenvalue weighted by Gasteiger charge is 2.31. The molecule has 1 saturated carbocycles. The third kappa shape index (κ3) is 3.05. The monoisotopic (exact) mass is 269 g/mol. The molecule has 0 aliphatic heterocycles. The highest BCUT2D eigenvalue weighted by molar-refractivity contribution is 6.18. The van der Waals surface area contributed by atoms with E-state index in [4.69, 9.17) is 16.3 Å². The number of nitrogens with one attached hydrogen (secondary N) is 1. The van der Waals surface area contributed by atoms with E-state index >= 15 is 0 Å². The summed E-state index contributed by atoms with van der Waals surface area (Å²) in [5.74, 6) is 2.71. The van der Waals surface area contributed by atoms with Crippen molar-refractivity contribution < 1.29 is 4.74 Å². The second kappa shape index (κ2) is 5.74. The normalized spacial score (nSPS) is 18.4. The lowest BCUT2D eigenvalue weighted by molar-refractivity contribution is 0.351. The Hall–Kier alpha value is -1.03. The molecule has 1 heterocycles. The van der Waals surface area contributed by atoms with Crippen LogP contribution in [0.15, 0.2) is 6.07 Å². The van der Waals surface area contributed by atoms with E-state index in [2.05, 4.69) is 15.3 Å². The predicted octanol–water partition coefficient (Wildman–Crippen LogP) is 3.15. The summed E-state index contributed by atoms with van der Waals surface area (Å²) in [6.07, 6.45) is 5.94. The minimum Gasteiger partial charge on any atom is -0.481 e. The fourth-order valence-corrected chi connectivity index (χ4v) is 2.84. The summed E-state index contributed by atoms with van der Waals surface area (Å²) in [5, 5.41) is 3.50.